The normalized spacial score (nSPS) is 14.7. The highest BCUT2D eigenvalue weighted by Crippen LogP contribution is 2.43. The lowest BCUT2D eigenvalue weighted by Gasteiger charge is -2.25. The maximum atomic E-state index is 12.9. The van der Waals surface area contributed by atoms with Crippen molar-refractivity contribution in [1.29, 1.82) is 0 Å². The van der Waals surface area contributed by atoms with E-state index >= 15 is 0 Å². The maximum Gasteiger partial charge on any atom is 0.472 e. The van der Waals surface area contributed by atoms with E-state index in [-0.39, 0.29) is 25.5 Å². The smallest absolute Gasteiger partial charge is 0.387 e. The van der Waals surface area contributed by atoms with Crippen LogP contribution in [-0.2, 0) is 18.4 Å². The molecule has 0 rings (SSSR count). The monoisotopic (exact) mass is 998 g/mol. The molecule has 1 amide bonds. The predicted molar refractivity (Wildman–Crippen MR) is 304 cm³/mol. The fraction of sp³-hybridized carbons (Fsp3) is 0.721. The predicted octanol–water partition coefficient (Wildman–Crippen LogP) is 17.4. The topological polar surface area (TPSA) is 105 Å². The lowest BCUT2D eigenvalue weighted by molar-refractivity contribution is -0.870. The van der Waals surface area contributed by atoms with Crippen LogP contribution in [0.5, 0.6) is 0 Å². The zero-order valence-corrected chi connectivity index (χ0v) is 46.9. The Hall–Kier alpha value is -2.58. The van der Waals surface area contributed by atoms with Gasteiger partial charge in [-0.25, -0.2) is 4.57 Å². The van der Waals surface area contributed by atoms with Crippen LogP contribution in [0.2, 0.25) is 0 Å². The van der Waals surface area contributed by atoms with Gasteiger partial charge < -0.3 is 19.8 Å². The van der Waals surface area contributed by atoms with Gasteiger partial charge in [0.05, 0.1) is 39.9 Å². The lowest BCUT2D eigenvalue weighted by atomic mass is 10.0. The number of aliphatic hydroxyl groups excluding tert-OH is 1. The first kappa shape index (κ1) is 67.4. The fourth-order valence-electron chi connectivity index (χ4n) is 7.85. The number of allylic oxidation sites excluding steroid dienone is 15. The van der Waals surface area contributed by atoms with Crippen molar-refractivity contribution in [1.82, 2.24) is 5.32 Å². The van der Waals surface area contributed by atoms with Crippen LogP contribution in [-0.4, -0.2) is 73.4 Å². The number of quaternary nitrogens is 1. The average molecular weight is 999 g/mol. The molecule has 0 aromatic carbocycles. The third-order valence-electron chi connectivity index (χ3n) is 12.3. The van der Waals surface area contributed by atoms with Crippen molar-refractivity contribution < 1.29 is 32.9 Å². The van der Waals surface area contributed by atoms with Crippen molar-refractivity contribution in [3.63, 3.8) is 0 Å². The number of hydrogen-bond donors (Lipinski definition) is 3. The molecule has 0 bridgehead atoms. The lowest BCUT2D eigenvalue weighted by Crippen LogP contribution is -2.45. The molecule has 9 heteroatoms. The first-order valence-corrected chi connectivity index (χ1v) is 30.1. The minimum Gasteiger partial charge on any atom is -0.387 e. The molecule has 3 atom stereocenters. The minimum atomic E-state index is -4.38. The Morgan fingerprint density at radius 3 is 1.30 bits per heavy atom. The van der Waals surface area contributed by atoms with Gasteiger partial charge in [-0.15, -0.1) is 0 Å². The standard InChI is InChI=1S/C61H109N2O6P/c1-6-8-10-12-14-16-18-20-22-24-26-27-28-29-30-31-32-33-34-35-37-38-40-42-44-46-48-50-52-54-60(64)59(58-69-70(66,67)68-57-56-63(3,4)5)62-61(65)55-53-51-49-47-45-43-41-39-36-25-23-21-19-17-15-13-11-9-7-2/h9,11,15,17,21,23,36,39,43-46,49,51-52,54,59-60,64H,6-8,10,12-14,16,18-20,22,24-35,37-38,40-42,47-48,50,53,55-58H2,1-5H3,(H-,62,65,66,67)/p+1/b11-9-,17-15-,23-21-,39-36-,45-43-,46-44+,51-49-,54-52+. The first-order valence-electron chi connectivity index (χ1n) is 28.6. The van der Waals surface area contributed by atoms with E-state index in [0.717, 1.165) is 57.8 Å². The number of carbonyl (C=O) groups excluding carboxylic acids is 1. The Morgan fingerprint density at radius 1 is 0.500 bits per heavy atom. The SMILES string of the molecule is CC/C=C\C/C=C\C/C=C\C/C=C\C/C=C\C/C=C\CCC(=O)NC(COP(=O)(O)OCC[N+](C)(C)C)C(O)/C=C/CC/C=C/CCCCCCCCCCCCCCCCCCCCCCCCC. The first-order chi connectivity index (χ1) is 34.0. The van der Waals surface area contributed by atoms with Crippen LogP contribution in [0.3, 0.4) is 0 Å². The summed E-state index contributed by atoms with van der Waals surface area (Å²) >= 11 is 0. The highest BCUT2D eigenvalue weighted by molar-refractivity contribution is 7.47. The third kappa shape index (κ3) is 53.2. The quantitative estimate of drug-likeness (QED) is 0.0243. The van der Waals surface area contributed by atoms with Crippen molar-refractivity contribution in [2.75, 3.05) is 40.9 Å². The summed E-state index contributed by atoms with van der Waals surface area (Å²) < 4.78 is 23.6. The maximum absolute atomic E-state index is 12.9. The number of nitrogens with zero attached hydrogens (tertiary/aromatic N) is 1. The van der Waals surface area contributed by atoms with Crippen LogP contribution in [0.1, 0.15) is 232 Å². The highest BCUT2D eigenvalue weighted by Gasteiger charge is 2.27. The van der Waals surface area contributed by atoms with Crippen molar-refractivity contribution in [3.05, 3.63) is 97.2 Å². The van der Waals surface area contributed by atoms with Gasteiger partial charge >= 0.3 is 7.82 Å². The van der Waals surface area contributed by atoms with Gasteiger partial charge in [-0.2, -0.15) is 0 Å². The average Bonchev–Trinajstić information content (AvgIpc) is 3.32. The largest absolute Gasteiger partial charge is 0.472 e. The van der Waals surface area contributed by atoms with Gasteiger partial charge in [0.2, 0.25) is 5.91 Å². The summed E-state index contributed by atoms with van der Waals surface area (Å²) in [7, 11) is 1.50. The molecular formula is C61H110N2O6P+. The van der Waals surface area contributed by atoms with E-state index in [2.05, 4.69) is 92.1 Å². The Morgan fingerprint density at radius 2 is 0.871 bits per heavy atom. The van der Waals surface area contributed by atoms with Gasteiger partial charge in [-0.1, -0.05) is 252 Å². The van der Waals surface area contributed by atoms with Crippen LogP contribution in [0.25, 0.3) is 0 Å². The van der Waals surface area contributed by atoms with E-state index < -0.39 is 20.0 Å². The van der Waals surface area contributed by atoms with Crippen molar-refractivity contribution in [3.8, 4) is 0 Å². The molecule has 3 unspecified atom stereocenters. The summed E-state index contributed by atoms with van der Waals surface area (Å²) in [5.74, 6) is -0.271. The number of aliphatic hydroxyl groups is 1. The van der Waals surface area contributed by atoms with Crippen molar-refractivity contribution >= 4 is 13.7 Å². The summed E-state index contributed by atoms with van der Waals surface area (Å²) in [6.07, 6.45) is 74.0. The zero-order valence-electron chi connectivity index (χ0n) is 46.0. The number of phosphoric ester groups is 1. The van der Waals surface area contributed by atoms with Gasteiger partial charge in [0.25, 0.3) is 0 Å². The van der Waals surface area contributed by atoms with Crippen molar-refractivity contribution in [2.24, 2.45) is 0 Å². The number of amides is 1. The van der Waals surface area contributed by atoms with Crippen LogP contribution < -0.4 is 5.32 Å². The zero-order chi connectivity index (χ0) is 51.3. The van der Waals surface area contributed by atoms with Crippen LogP contribution >= 0.6 is 7.82 Å². The summed E-state index contributed by atoms with van der Waals surface area (Å²) in [5.41, 5.74) is 0. The molecule has 0 aromatic rings. The molecule has 0 aromatic heterocycles. The molecule has 0 saturated heterocycles. The number of likely N-dealkylation sites (N-methyl/N-ethyl adjacent to an activating group) is 1. The van der Waals surface area contributed by atoms with Gasteiger partial charge in [0.15, 0.2) is 0 Å². The molecule has 0 radical (unpaired) electrons. The molecule has 0 heterocycles. The Labute approximate surface area is 432 Å². The second kappa shape index (κ2) is 51.3. The highest BCUT2D eigenvalue weighted by atomic mass is 31.2. The Kier molecular flexibility index (Phi) is 49.4. The van der Waals surface area contributed by atoms with Gasteiger partial charge in [0.1, 0.15) is 13.2 Å². The molecule has 8 nitrogen and oxygen atoms in total. The minimum absolute atomic E-state index is 0.0376. The molecule has 404 valence electrons. The number of carbonyl (C=O) groups is 1. The molecule has 0 aliphatic rings. The molecule has 70 heavy (non-hydrogen) atoms. The molecule has 0 aliphatic heterocycles. The molecule has 3 N–H and O–H groups in total. The molecule has 0 saturated carbocycles. The second-order valence-electron chi connectivity index (χ2n) is 20.3. The van der Waals surface area contributed by atoms with Crippen LogP contribution in [0.4, 0.5) is 0 Å². The molecule has 0 spiro atoms. The van der Waals surface area contributed by atoms with Crippen molar-refractivity contribution in [2.45, 2.75) is 244 Å². The van der Waals surface area contributed by atoms with E-state index in [1.807, 2.05) is 39.4 Å². The molecule has 0 aliphatic carbocycles. The summed E-state index contributed by atoms with van der Waals surface area (Å²) in [5, 5.41) is 13.8. The van der Waals surface area contributed by atoms with E-state index in [0.29, 0.717) is 17.4 Å². The summed E-state index contributed by atoms with van der Waals surface area (Å²) in [4.78, 5) is 23.2. The fourth-order valence-corrected chi connectivity index (χ4v) is 8.58. The number of phosphoric acid groups is 1. The third-order valence-corrected chi connectivity index (χ3v) is 13.3. The Bertz CT molecular complexity index is 1460. The summed E-state index contributed by atoms with van der Waals surface area (Å²) in [6, 6.07) is -0.911. The molecule has 0 fully saturated rings. The van der Waals surface area contributed by atoms with E-state index in [4.69, 9.17) is 9.05 Å². The molecular weight excluding hydrogens is 888 g/mol. The van der Waals surface area contributed by atoms with Crippen LogP contribution in [0.15, 0.2) is 97.2 Å². The number of hydrogen-bond acceptors (Lipinski definition) is 5. The van der Waals surface area contributed by atoms with Gasteiger partial charge in [-0.3, -0.25) is 13.8 Å². The van der Waals surface area contributed by atoms with Gasteiger partial charge in [-0.05, 0) is 70.6 Å². The number of rotatable bonds is 51. The van der Waals surface area contributed by atoms with E-state index in [1.54, 1.807) is 6.08 Å². The second-order valence-corrected chi connectivity index (χ2v) is 21.7. The van der Waals surface area contributed by atoms with Gasteiger partial charge in [0, 0.05) is 6.42 Å². The van der Waals surface area contributed by atoms with Crippen LogP contribution in [0, 0.1) is 0 Å². The summed E-state index contributed by atoms with van der Waals surface area (Å²) in [6.45, 7) is 4.63. The van der Waals surface area contributed by atoms with E-state index in [1.165, 1.54) is 148 Å². The van der Waals surface area contributed by atoms with E-state index in [9.17, 15) is 19.4 Å². The number of nitrogens with one attached hydrogen (secondary N) is 1. The number of unbranched alkanes of at least 4 members (excludes halogenated alkanes) is 24. The Balaban J connectivity index is 4.33.